The Hall–Kier alpha value is -1.26. The fraction of sp³-hybridized carbons (Fsp3) is 0.462. The summed E-state index contributed by atoms with van der Waals surface area (Å²) < 4.78 is 10.1. The lowest BCUT2D eigenvalue weighted by Gasteiger charge is -2.15. The van der Waals surface area contributed by atoms with Gasteiger partial charge in [0.05, 0.1) is 26.2 Å². The van der Waals surface area contributed by atoms with Gasteiger partial charge in [0.2, 0.25) is 5.91 Å². The van der Waals surface area contributed by atoms with Crippen molar-refractivity contribution < 1.29 is 14.3 Å². The largest absolute Gasteiger partial charge is 0.497 e. The predicted octanol–water partition coefficient (Wildman–Crippen LogP) is 1.61. The summed E-state index contributed by atoms with van der Waals surface area (Å²) in [4.78, 5) is 11.8. The number of hydrogen-bond donors (Lipinski definition) is 1. The topological polar surface area (TPSA) is 47.6 Å². The summed E-state index contributed by atoms with van der Waals surface area (Å²) in [7, 11) is 3.18. The number of benzene rings is 1. The van der Waals surface area contributed by atoms with Gasteiger partial charge in [0, 0.05) is 13.0 Å². The quantitative estimate of drug-likeness (QED) is 0.767. The van der Waals surface area contributed by atoms with Gasteiger partial charge >= 0.3 is 0 Å². The molecule has 1 aromatic carbocycles. The second kappa shape index (κ2) is 7.95. The van der Waals surface area contributed by atoms with E-state index in [0.29, 0.717) is 18.9 Å². The molecule has 1 atom stereocenters. The Morgan fingerprint density at radius 2 is 2.22 bits per heavy atom. The Morgan fingerprint density at radius 1 is 1.44 bits per heavy atom. The number of rotatable bonds is 7. The van der Waals surface area contributed by atoms with Crippen molar-refractivity contribution in [3.05, 3.63) is 29.8 Å². The molecule has 0 aliphatic carbocycles. The fourth-order valence-electron chi connectivity index (χ4n) is 1.57. The maximum absolute atomic E-state index is 11.8. The van der Waals surface area contributed by atoms with Crippen molar-refractivity contribution in [1.29, 1.82) is 0 Å². The minimum atomic E-state index is -0.158. The molecule has 0 spiro atoms. The van der Waals surface area contributed by atoms with Crippen molar-refractivity contribution in [2.45, 2.75) is 12.5 Å². The van der Waals surface area contributed by atoms with Crippen LogP contribution in [0.3, 0.4) is 0 Å². The van der Waals surface area contributed by atoms with E-state index in [9.17, 15) is 4.79 Å². The van der Waals surface area contributed by atoms with Gasteiger partial charge in [-0.1, -0.05) is 12.1 Å². The molecular weight excluding hydrogens is 254 g/mol. The highest BCUT2D eigenvalue weighted by atomic mass is 35.5. The number of ether oxygens (including phenoxy) is 2. The molecule has 0 aliphatic heterocycles. The van der Waals surface area contributed by atoms with E-state index in [1.54, 1.807) is 14.2 Å². The summed E-state index contributed by atoms with van der Waals surface area (Å²) in [6.07, 6.45) is 0.300. The van der Waals surface area contributed by atoms with E-state index in [1.807, 2.05) is 24.3 Å². The molecule has 4 nitrogen and oxygen atoms in total. The molecule has 0 heterocycles. The molecule has 5 heteroatoms. The molecular formula is C13H18ClNO3. The molecule has 0 aliphatic rings. The van der Waals surface area contributed by atoms with Gasteiger partial charge in [-0.05, 0) is 17.7 Å². The Labute approximate surface area is 112 Å². The number of carbonyl (C=O) groups is 1. The van der Waals surface area contributed by atoms with Gasteiger partial charge in [-0.15, -0.1) is 11.6 Å². The highest BCUT2D eigenvalue weighted by Gasteiger charge is 2.11. The summed E-state index contributed by atoms with van der Waals surface area (Å²) >= 11 is 5.73. The van der Waals surface area contributed by atoms with Gasteiger partial charge < -0.3 is 14.8 Å². The molecule has 1 amide bonds. The second-order valence-corrected chi connectivity index (χ2v) is 4.21. The smallest absolute Gasteiger partial charge is 0.224 e. The minimum absolute atomic E-state index is 0.0778. The molecule has 1 aromatic rings. The van der Waals surface area contributed by atoms with Crippen molar-refractivity contribution >= 4 is 17.5 Å². The number of carbonyl (C=O) groups excluding carboxylic acids is 1. The predicted molar refractivity (Wildman–Crippen MR) is 71.2 cm³/mol. The zero-order valence-electron chi connectivity index (χ0n) is 10.6. The normalized spacial score (nSPS) is 11.9. The summed E-state index contributed by atoms with van der Waals surface area (Å²) in [5.74, 6) is 0.995. The number of alkyl halides is 1. The molecule has 0 saturated carbocycles. The van der Waals surface area contributed by atoms with Crippen molar-refractivity contribution in [3.8, 4) is 5.75 Å². The summed E-state index contributed by atoms with van der Waals surface area (Å²) in [5.41, 5.74) is 0.901. The Bertz CT molecular complexity index is 384. The van der Waals surface area contributed by atoms with Crippen LogP contribution >= 0.6 is 11.6 Å². The average molecular weight is 272 g/mol. The van der Waals surface area contributed by atoms with Crippen LogP contribution < -0.4 is 10.1 Å². The van der Waals surface area contributed by atoms with Gasteiger partial charge in [-0.2, -0.15) is 0 Å². The lowest BCUT2D eigenvalue weighted by atomic mass is 10.1. The zero-order chi connectivity index (χ0) is 13.4. The van der Waals surface area contributed by atoms with Crippen LogP contribution in [0.15, 0.2) is 24.3 Å². The van der Waals surface area contributed by atoms with Crippen LogP contribution in [0.25, 0.3) is 0 Å². The molecule has 1 unspecified atom stereocenters. The molecule has 100 valence electrons. The van der Waals surface area contributed by atoms with Crippen LogP contribution in [0.4, 0.5) is 0 Å². The van der Waals surface area contributed by atoms with Crippen LogP contribution in [0.5, 0.6) is 5.75 Å². The first-order valence-corrected chi connectivity index (χ1v) is 6.20. The van der Waals surface area contributed by atoms with Crippen molar-refractivity contribution in [3.63, 3.8) is 0 Å². The fourth-order valence-corrected chi connectivity index (χ4v) is 1.74. The van der Waals surface area contributed by atoms with Crippen molar-refractivity contribution in [2.24, 2.45) is 0 Å². The Morgan fingerprint density at radius 3 is 2.83 bits per heavy atom. The van der Waals surface area contributed by atoms with E-state index < -0.39 is 0 Å². The first-order valence-electron chi connectivity index (χ1n) is 5.66. The molecule has 0 saturated heterocycles. The maximum atomic E-state index is 11.8. The van der Waals surface area contributed by atoms with Crippen LogP contribution in [-0.4, -0.2) is 38.7 Å². The van der Waals surface area contributed by atoms with Crippen LogP contribution in [-0.2, 0) is 16.0 Å². The molecule has 0 radical (unpaired) electrons. The number of methoxy groups -OCH3 is 2. The van der Waals surface area contributed by atoms with Crippen LogP contribution in [0, 0.1) is 0 Å². The van der Waals surface area contributed by atoms with E-state index in [0.717, 1.165) is 11.3 Å². The number of halogens is 1. The maximum Gasteiger partial charge on any atom is 0.224 e. The number of amides is 1. The van der Waals surface area contributed by atoms with Crippen molar-refractivity contribution in [1.82, 2.24) is 5.32 Å². The molecule has 0 aromatic heterocycles. The summed E-state index contributed by atoms with van der Waals surface area (Å²) in [5, 5.41) is 2.82. The minimum Gasteiger partial charge on any atom is -0.497 e. The van der Waals surface area contributed by atoms with E-state index >= 15 is 0 Å². The molecule has 18 heavy (non-hydrogen) atoms. The van der Waals surface area contributed by atoms with Gasteiger partial charge in [0.15, 0.2) is 0 Å². The average Bonchev–Trinajstić information content (AvgIpc) is 2.38. The third-order valence-corrected chi connectivity index (χ3v) is 2.79. The molecule has 1 N–H and O–H groups in total. The molecule has 0 fully saturated rings. The number of hydrogen-bond acceptors (Lipinski definition) is 3. The summed E-state index contributed by atoms with van der Waals surface area (Å²) in [6, 6.07) is 7.26. The highest BCUT2D eigenvalue weighted by molar-refractivity contribution is 6.18. The van der Waals surface area contributed by atoms with Crippen LogP contribution in [0.2, 0.25) is 0 Å². The van der Waals surface area contributed by atoms with Gasteiger partial charge in [-0.25, -0.2) is 0 Å². The van der Waals surface area contributed by atoms with E-state index in [4.69, 9.17) is 21.1 Å². The lowest BCUT2D eigenvalue weighted by molar-refractivity contribution is -0.121. The molecule has 1 rings (SSSR count). The monoisotopic (exact) mass is 271 g/mol. The van der Waals surface area contributed by atoms with E-state index in [-0.39, 0.29) is 11.9 Å². The third-order valence-electron chi connectivity index (χ3n) is 2.42. The first-order chi connectivity index (χ1) is 8.69. The summed E-state index contributed by atoms with van der Waals surface area (Å²) in [6.45, 7) is 0.410. The van der Waals surface area contributed by atoms with Gasteiger partial charge in [-0.3, -0.25) is 4.79 Å². The third kappa shape index (κ3) is 4.94. The Balaban J connectivity index is 2.52. The van der Waals surface area contributed by atoms with Gasteiger partial charge in [0.25, 0.3) is 0 Å². The molecule has 0 bridgehead atoms. The number of nitrogens with one attached hydrogen (secondary N) is 1. The zero-order valence-corrected chi connectivity index (χ0v) is 11.4. The van der Waals surface area contributed by atoms with Crippen LogP contribution in [0.1, 0.15) is 5.56 Å². The van der Waals surface area contributed by atoms with Crippen molar-refractivity contribution in [2.75, 3.05) is 26.7 Å². The standard InChI is InChI=1S/C13H18ClNO3/c1-17-9-11(8-14)15-13(16)7-10-4-3-5-12(6-10)18-2/h3-6,11H,7-9H2,1-2H3,(H,15,16). The first kappa shape index (κ1) is 14.8. The highest BCUT2D eigenvalue weighted by Crippen LogP contribution is 2.12. The lowest BCUT2D eigenvalue weighted by Crippen LogP contribution is -2.40. The second-order valence-electron chi connectivity index (χ2n) is 3.90. The van der Waals surface area contributed by atoms with E-state index in [2.05, 4.69) is 5.32 Å². The van der Waals surface area contributed by atoms with E-state index in [1.165, 1.54) is 0 Å². The Kier molecular flexibility index (Phi) is 6.54. The van der Waals surface area contributed by atoms with Gasteiger partial charge in [0.1, 0.15) is 5.75 Å². The SMILES string of the molecule is COCC(CCl)NC(=O)Cc1cccc(OC)c1.